The van der Waals surface area contributed by atoms with Crippen molar-refractivity contribution >= 4 is 12.3 Å². The maximum atomic E-state index is 12.7. The van der Waals surface area contributed by atoms with Gasteiger partial charge in [0.2, 0.25) is 0 Å². The molecule has 17 heavy (non-hydrogen) atoms. The van der Waals surface area contributed by atoms with Crippen LogP contribution < -0.4 is 0 Å². The number of esters is 1. The molecule has 0 unspecified atom stereocenters. The Morgan fingerprint density at radius 1 is 1.53 bits per heavy atom. The summed E-state index contributed by atoms with van der Waals surface area (Å²) >= 11 is 0. The molecule has 6 heteroatoms. The van der Waals surface area contributed by atoms with Gasteiger partial charge in [0.05, 0.1) is 24.3 Å². The van der Waals surface area contributed by atoms with Crippen molar-refractivity contribution in [3.63, 3.8) is 0 Å². The van der Waals surface area contributed by atoms with Gasteiger partial charge in [0.1, 0.15) is 0 Å². The van der Waals surface area contributed by atoms with E-state index in [4.69, 9.17) is 5.26 Å². The first-order valence-corrected chi connectivity index (χ1v) is 4.44. The number of hydrogen-bond acceptors (Lipinski definition) is 4. The third-order valence-electron chi connectivity index (χ3n) is 2.10. The number of carbonyl (C=O) groups is 2. The number of methoxy groups -OCH3 is 1. The van der Waals surface area contributed by atoms with Gasteiger partial charge in [0.25, 0.3) is 6.43 Å². The van der Waals surface area contributed by atoms with Crippen LogP contribution in [0.4, 0.5) is 8.78 Å². The molecule has 0 saturated heterocycles. The van der Waals surface area contributed by atoms with Crippen molar-refractivity contribution in [2.45, 2.75) is 6.43 Å². The summed E-state index contributed by atoms with van der Waals surface area (Å²) in [5, 5.41) is 8.65. The highest BCUT2D eigenvalue weighted by Gasteiger charge is 2.21. The molecule has 0 fully saturated rings. The van der Waals surface area contributed by atoms with Gasteiger partial charge < -0.3 is 4.74 Å². The Balaban J connectivity index is 3.57. The van der Waals surface area contributed by atoms with Crippen molar-refractivity contribution in [1.29, 1.82) is 5.26 Å². The molecule has 4 nitrogen and oxygen atoms in total. The third kappa shape index (κ3) is 2.45. The number of hydrogen-bond donors (Lipinski definition) is 0. The lowest BCUT2D eigenvalue weighted by atomic mass is 9.99. The summed E-state index contributed by atoms with van der Waals surface area (Å²) in [6.45, 7) is 0. The van der Waals surface area contributed by atoms with Crippen LogP contribution >= 0.6 is 0 Å². The van der Waals surface area contributed by atoms with Crippen LogP contribution in [0.3, 0.4) is 0 Å². The first-order valence-electron chi connectivity index (χ1n) is 4.44. The zero-order valence-electron chi connectivity index (χ0n) is 8.74. The summed E-state index contributed by atoms with van der Waals surface area (Å²) in [7, 11) is 1.05. The van der Waals surface area contributed by atoms with Crippen molar-refractivity contribution < 1.29 is 23.1 Å². The van der Waals surface area contributed by atoms with Gasteiger partial charge in [-0.1, -0.05) is 0 Å². The second kappa shape index (κ2) is 5.16. The molecule has 0 amide bonds. The van der Waals surface area contributed by atoms with Crippen LogP contribution in [0.2, 0.25) is 0 Å². The number of nitriles is 1. The fourth-order valence-electron chi connectivity index (χ4n) is 1.33. The van der Waals surface area contributed by atoms with E-state index in [1.54, 1.807) is 6.07 Å². The number of benzene rings is 1. The maximum Gasteiger partial charge on any atom is 0.338 e. The van der Waals surface area contributed by atoms with E-state index in [9.17, 15) is 18.4 Å². The van der Waals surface area contributed by atoms with Gasteiger partial charge in [-0.2, -0.15) is 5.26 Å². The lowest BCUT2D eigenvalue weighted by molar-refractivity contribution is 0.0597. The van der Waals surface area contributed by atoms with Gasteiger partial charge in [0.15, 0.2) is 6.29 Å². The van der Waals surface area contributed by atoms with E-state index in [-0.39, 0.29) is 17.4 Å². The van der Waals surface area contributed by atoms with Crippen LogP contribution in [-0.2, 0) is 4.74 Å². The minimum absolute atomic E-state index is 0.133. The molecule has 1 aromatic rings. The van der Waals surface area contributed by atoms with Gasteiger partial charge >= 0.3 is 5.97 Å². The fourth-order valence-corrected chi connectivity index (χ4v) is 1.33. The summed E-state index contributed by atoms with van der Waals surface area (Å²) < 4.78 is 29.7. The standard InChI is InChI=1S/C11H7F2NO3/c1-17-11(16)8-3-6(4-14)2-7(10(12)13)9(8)5-15/h2-3,5,10H,1H3. The number of ether oxygens (including phenoxy) is 1. The van der Waals surface area contributed by atoms with Crippen molar-refractivity contribution in [3.05, 3.63) is 34.4 Å². The molecule has 0 heterocycles. The number of nitrogens with zero attached hydrogens (tertiary/aromatic N) is 1. The minimum atomic E-state index is -2.95. The molecule has 0 atom stereocenters. The molecule has 0 spiro atoms. The lowest BCUT2D eigenvalue weighted by Crippen LogP contribution is -2.09. The molecule has 88 valence electrons. The molecule has 0 bridgehead atoms. The smallest absolute Gasteiger partial charge is 0.338 e. The summed E-state index contributed by atoms with van der Waals surface area (Å²) in [5.41, 5.74) is -1.58. The van der Waals surface area contributed by atoms with E-state index in [1.165, 1.54) is 0 Å². The molecule has 1 aromatic carbocycles. The van der Waals surface area contributed by atoms with E-state index in [0.29, 0.717) is 0 Å². The number of aldehydes is 1. The fraction of sp³-hybridized carbons (Fsp3) is 0.182. The Kier molecular flexibility index (Phi) is 3.88. The van der Waals surface area contributed by atoms with Crippen LogP contribution in [0.15, 0.2) is 12.1 Å². The Hall–Kier alpha value is -2.29. The summed E-state index contributed by atoms with van der Waals surface area (Å²) in [5.74, 6) is -0.939. The highest BCUT2D eigenvalue weighted by molar-refractivity contribution is 5.99. The highest BCUT2D eigenvalue weighted by Crippen LogP contribution is 2.26. The zero-order chi connectivity index (χ0) is 13.0. The molecule has 0 aliphatic heterocycles. The van der Waals surface area contributed by atoms with Crippen LogP contribution in [-0.4, -0.2) is 19.4 Å². The van der Waals surface area contributed by atoms with Crippen molar-refractivity contribution in [1.82, 2.24) is 0 Å². The van der Waals surface area contributed by atoms with Gasteiger partial charge in [-0.15, -0.1) is 0 Å². The molecule has 1 rings (SSSR count). The van der Waals surface area contributed by atoms with E-state index in [1.807, 2.05) is 0 Å². The number of rotatable bonds is 3. The molecule has 0 aromatic heterocycles. The summed E-state index contributed by atoms with van der Waals surface area (Å²) in [4.78, 5) is 22.0. The molecule has 0 radical (unpaired) electrons. The van der Waals surface area contributed by atoms with Gasteiger partial charge in [-0.3, -0.25) is 4.79 Å². The average Bonchev–Trinajstić information content (AvgIpc) is 2.35. The summed E-state index contributed by atoms with van der Waals surface area (Å²) in [6.07, 6.45) is -2.80. The maximum absolute atomic E-state index is 12.7. The highest BCUT2D eigenvalue weighted by atomic mass is 19.3. The molecule has 0 N–H and O–H groups in total. The first-order chi connectivity index (χ1) is 8.04. The van der Waals surface area contributed by atoms with Crippen LogP contribution in [0, 0.1) is 11.3 Å². The molecular formula is C11H7F2NO3. The normalized spacial score (nSPS) is 9.82. The third-order valence-corrected chi connectivity index (χ3v) is 2.10. The van der Waals surface area contributed by atoms with Crippen molar-refractivity contribution in [2.24, 2.45) is 0 Å². The minimum Gasteiger partial charge on any atom is -0.465 e. The first kappa shape index (κ1) is 12.8. The van der Waals surface area contributed by atoms with E-state index in [0.717, 1.165) is 19.2 Å². The van der Waals surface area contributed by atoms with Crippen LogP contribution in [0.5, 0.6) is 0 Å². The van der Waals surface area contributed by atoms with Crippen LogP contribution in [0.25, 0.3) is 0 Å². The average molecular weight is 239 g/mol. The van der Waals surface area contributed by atoms with Crippen LogP contribution in [0.1, 0.15) is 38.3 Å². The summed E-state index contributed by atoms with van der Waals surface area (Å²) in [6, 6.07) is 3.55. The Labute approximate surface area is 95.4 Å². The number of carbonyl (C=O) groups excluding carboxylic acids is 2. The molecule has 0 aliphatic rings. The second-order valence-electron chi connectivity index (χ2n) is 3.05. The van der Waals surface area contributed by atoms with Gasteiger partial charge in [-0.05, 0) is 12.1 Å². The van der Waals surface area contributed by atoms with E-state index < -0.39 is 23.5 Å². The Morgan fingerprint density at radius 2 is 2.18 bits per heavy atom. The Morgan fingerprint density at radius 3 is 2.59 bits per heavy atom. The number of halogens is 2. The van der Waals surface area contributed by atoms with E-state index in [2.05, 4.69) is 4.74 Å². The topological polar surface area (TPSA) is 67.2 Å². The molecular weight excluding hydrogens is 232 g/mol. The SMILES string of the molecule is COC(=O)c1cc(C#N)cc(C(F)F)c1C=O. The predicted molar refractivity (Wildman–Crippen MR) is 52.8 cm³/mol. The molecule has 0 saturated carbocycles. The predicted octanol–water partition coefficient (Wildman–Crippen LogP) is 2.09. The zero-order valence-corrected chi connectivity index (χ0v) is 8.74. The number of alkyl halides is 2. The largest absolute Gasteiger partial charge is 0.465 e. The van der Waals surface area contributed by atoms with Crippen molar-refractivity contribution in [3.8, 4) is 6.07 Å². The van der Waals surface area contributed by atoms with Crippen molar-refractivity contribution in [2.75, 3.05) is 7.11 Å². The van der Waals surface area contributed by atoms with Gasteiger partial charge in [-0.25, -0.2) is 13.6 Å². The monoisotopic (exact) mass is 239 g/mol. The lowest BCUT2D eigenvalue weighted by Gasteiger charge is -2.09. The van der Waals surface area contributed by atoms with E-state index >= 15 is 0 Å². The quantitative estimate of drug-likeness (QED) is 0.598. The van der Waals surface area contributed by atoms with Gasteiger partial charge in [0, 0.05) is 11.1 Å². The second-order valence-corrected chi connectivity index (χ2v) is 3.05. The molecule has 0 aliphatic carbocycles. The Bertz CT molecular complexity index is 506.